The fourth-order valence-electron chi connectivity index (χ4n) is 2.46. The zero-order valence-corrected chi connectivity index (χ0v) is 14.6. The smallest absolute Gasteiger partial charge is 0.406 e. The van der Waals surface area contributed by atoms with Crippen LogP contribution in [0.5, 0.6) is 5.75 Å². The van der Waals surface area contributed by atoms with E-state index in [4.69, 9.17) is 16.3 Å². The number of alkyl halides is 3. The number of ketones is 1. The zero-order valence-electron chi connectivity index (χ0n) is 13.9. The van der Waals surface area contributed by atoms with Crippen molar-refractivity contribution in [3.05, 3.63) is 51.8 Å². The number of nitrogens with zero attached hydrogens (tertiary/aromatic N) is 1. The van der Waals surface area contributed by atoms with Crippen molar-refractivity contribution in [3.63, 3.8) is 0 Å². The lowest BCUT2D eigenvalue weighted by Crippen LogP contribution is -2.20. The second-order valence-electron chi connectivity index (χ2n) is 5.65. The third kappa shape index (κ3) is 4.57. The lowest BCUT2D eigenvalue weighted by atomic mass is 10.1. The number of hydrogen-bond acceptors (Lipinski definition) is 4. The van der Waals surface area contributed by atoms with Crippen molar-refractivity contribution in [2.45, 2.75) is 26.6 Å². The van der Waals surface area contributed by atoms with Crippen LogP contribution in [0, 0.1) is 13.8 Å². The summed E-state index contributed by atoms with van der Waals surface area (Å²) >= 11 is 5.73. The SMILES string of the molecule is Cc1cc(C(=O)COC(=O)c2cc(Cl)ccc2O)c(C)n1CC(F)(F)F. The van der Waals surface area contributed by atoms with E-state index in [0.717, 1.165) is 4.57 Å². The minimum Gasteiger partial charge on any atom is -0.507 e. The van der Waals surface area contributed by atoms with E-state index in [1.165, 1.54) is 38.1 Å². The Labute approximate surface area is 151 Å². The normalized spacial score (nSPS) is 11.5. The molecular weight excluding hydrogens is 375 g/mol. The van der Waals surface area contributed by atoms with Gasteiger partial charge in [-0.1, -0.05) is 11.6 Å². The third-order valence-electron chi connectivity index (χ3n) is 3.72. The van der Waals surface area contributed by atoms with E-state index in [9.17, 15) is 27.9 Å². The van der Waals surface area contributed by atoms with Crippen molar-refractivity contribution in [1.29, 1.82) is 0 Å². The number of phenols is 1. The molecule has 140 valence electrons. The number of carbonyl (C=O) groups excluding carboxylic acids is 2. The van der Waals surface area contributed by atoms with Crippen molar-refractivity contribution in [2.75, 3.05) is 6.61 Å². The number of aromatic hydroxyl groups is 1. The summed E-state index contributed by atoms with van der Waals surface area (Å²) in [7, 11) is 0. The summed E-state index contributed by atoms with van der Waals surface area (Å²) in [5.41, 5.74) is 0.219. The van der Waals surface area contributed by atoms with E-state index in [-0.39, 0.29) is 33.3 Å². The summed E-state index contributed by atoms with van der Waals surface area (Å²) in [5.74, 6) is -1.99. The summed E-state index contributed by atoms with van der Waals surface area (Å²) in [6, 6.07) is 5.06. The van der Waals surface area contributed by atoms with Crippen molar-refractivity contribution >= 4 is 23.4 Å². The Kier molecular flexibility index (Phi) is 5.65. The van der Waals surface area contributed by atoms with Crippen LogP contribution in [0.1, 0.15) is 32.1 Å². The zero-order chi connectivity index (χ0) is 19.6. The molecule has 0 radical (unpaired) electrons. The highest BCUT2D eigenvalue weighted by molar-refractivity contribution is 6.31. The summed E-state index contributed by atoms with van der Waals surface area (Å²) in [4.78, 5) is 24.2. The number of halogens is 4. The number of ether oxygens (including phenoxy) is 1. The average molecular weight is 390 g/mol. The van der Waals surface area contributed by atoms with Crippen molar-refractivity contribution < 1.29 is 32.6 Å². The van der Waals surface area contributed by atoms with Crippen LogP contribution in [0.15, 0.2) is 24.3 Å². The maximum atomic E-state index is 12.6. The van der Waals surface area contributed by atoms with Gasteiger partial charge in [-0.25, -0.2) is 4.79 Å². The van der Waals surface area contributed by atoms with Gasteiger partial charge in [0, 0.05) is 22.0 Å². The minimum atomic E-state index is -4.43. The molecule has 0 aliphatic carbocycles. The standard InChI is InChI=1S/C17H15ClF3NO4/c1-9-5-12(10(2)22(9)8-17(19,20)21)15(24)7-26-16(25)13-6-11(18)3-4-14(13)23/h3-6,23H,7-8H2,1-2H3. The number of carbonyl (C=O) groups is 2. The van der Waals surface area contributed by atoms with Crippen LogP contribution in [-0.4, -0.2) is 34.2 Å². The largest absolute Gasteiger partial charge is 0.507 e. The average Bonchev–Trinajstić information content (AvgIpc) is 2.81. The van der Waals surface area contributed by atoms with Crippen LogP contribution in [0.2, 0.25) is 5.02 Å². The number of aromatic nitrogens is 1. The Morgan fingerprint density at radius 1 is 1.19 bits per heavy atom. The molecule has 9 heteroatoms. The predicted molar refractivity (Wildman–Crippen MR) is 87.7 cm³/mol. The van der Waals surface area contributed by atoms with Gasteiger partial charge in [0.05, 0.1) is 0 Å². The molecule has 0 saturated carbocycles. The summed E-state index contributed by atoms with van der Waals surface area (Å²) in [6.07, 6.45) is -4.43. The lowest BCUT2D eigenvalue weighted by molar-refractivity contribution is -0.141. The maximum Gasteiger partial charge on any atom is 0.406 e. The molecule has 0 fully saturated rings. The highest BCUT2D eigenvalue weighted by Crippen LogP contribution is 2.24. The van der Waals surface area contributed by atoms with E-state index in [1.807, 2.05) is 0 Å². The molecule has 0 aliphatic rings. The second-order valence-corrected chi connectivity index (χ2v) is 6.08. The van der Waals surface area contributed by atoms with Gasteiger partial charge < -0.3 is 14.4 Å². The summed E-state index contributed by atoms with van der Waals surface area (Å²) < 4.78 is 43.7. The Morgan fingerprint density at radius 2 is 1.85 bits per heavy atom. The van der Waals surface area contributed by atoms with Gasteiger partial charge in [-0.15, -0.1) is 0 Å². The molecule has 0 saturated heterocycles. The van der Waals surface area contributed by atoms with E-state index in [2.05, 4.69) is 0 Å². The van der Waals surface area contributed by atoms with Gasteiger partial charge in [-0.3, -0.25) is 4.79 Å². The first-order valence-corrected chi connectivity index (χ1v) is 7.79. The van der Waals surface area contributed by atoms with Crippen LogP contribution in [-0.2, 0) is 11.3 Å². The predicted octanol–water partition coefficient (Wildman–Crippen LogP) is 4.07. The molecule has 0 unspecified atom stereocenters. The van der Waals surface area contributed by atoms with Gasteiger partial charge in [0.25, 0.3) is 0 Å². The molecule has 1 N–H and O–H groups in total. The van der Waals surface area contributed by atoms with Crippen LogP contribution in [0.25, 0.3) is 0 Å². The summed E-state index contributed by atoms with van der Waals surface area (Å²) in [6.45, 7) is 0.942. The van der Waals surface area contributed by atoms with Gasteiger partial charge in [0.15, 0.2) is 6.61 Å². The first kappa shape index (κ1) is 19.8. The number of hydrogen-bond donors (Lipinski definition) is 1. The second kappa shape index (κ2) is 7.41. The molecule has 1 aromatic heterocycles. The van der Waals surface area contributed by atoms with E-state index in [1.54, 1.807) is 0 Å². The quantitative estimate of drug-likeness (QED) is 0.618. The van der Waals surface area contributed by atoms with Crippen LogP contribution >= 0.6 is 11.6 Å². The van der Waals surface area contributed by atoms with Crippen LogP contribution in [0.3, 0.4) is 0 Å². The maximum absolute atomic E-state index is 12.6. The molecule has 2 aromatic rings. The minimum absolute atomic E-state index is 0.0369. The fourth-order valence-corrected chi connectivity index (χ4v) is 2.64. The van der Waals surface area contributed by atoms with Crippen LogP contribution < -0.4 is 0 Å². The highest BCUT2D eigenvalue weighted by Gasteiger charge is 2.30. The number of Topliss-reactive ketones (excluding diaryl/α,β-unsaturated/α-hetero) is 1. The van der Waals surface area contributed by atoms with Gasteiger partial charge >= 0.3 is 12.1 Å². The molecule has 1 aromatic carbocycles. The van der Waals surface area contributed by atoms with Crippen molar-refractivity contribution in [3.8, 4) is 5.75 Å². The van der Waals surface area contributed by atoms with Crippen LogP contribution in [0.4, 0.5) is 13.2 Å². The van der Waals surface area contributed by atoms with Gasteiger partial charge in [-0.2, -0.15) is 13.2 Å². The molecule has 1 heterocycles. The first-order valence-electron chi connectivity index (χ1n) is 7.42. The van der Waals surface area contributed by atoms with Gasteiger partial charge in [-0.05, 0) is 38.1 Å². The third-order valence-corrected chi connectivity index (χ3v) is 3.96. The molecule has 0 spiro atoms. The van der Waals surface area contributed by atoms with E-state index < -0.39 is 31.1 Å². The number of esters is 1. The molecule has 0 bridgehead atoms. The number of aryl methyl sites for hydroxylation is 1. The molecular formula is C17H15ClF3NO4. The van der Waals surface area contributed by atoms with Gasteiger partial charge in [0.2, 0.25) is 5.78 Å². The number of phenolic OH excluding ortho intramolecular Hbond substituents is 1. The fraction of sp³-hybridized carbons (Fsp3) is 0.294. The first-order chi connectivity index (χ1) is 12.0. The molecule has 5 nitrogen and oxygen atoms in total. The lowest BCUT2D eigenvalue weighted by Gasteiger charge is -2.12. The molecule has 0 amide bonds. The molecule has 0 atom stereocenters. The van der Waals surface area contributed by atoms with Crippen molar-refractivity contribution in [1.82, 2.24) is 4.57 Å². The Hall–Kier alpha value is -2.48. The Balaban J connectivity index is 2.12. The van der Waals surface area contributed by atoms with E-state index >= 15 is 0 Å². The number of rotatable bonds is 5. The van der Waals surface area contributed by atoms with Gasteiger partial charge in [0.1, 0.15) is 17.9 Å². The topological polar surface area (TPSA) is 68.5 Å². The monoisotopic (exact) mass is 389 g/mol. The molecule has 2 rings (SSSR count). The molecule has 0 aliphatic heterocycles. The Morgan fingerprint density at radius 3 is 2.46 bits per heavy atom. The Bertz CT molecular complexity index is 858. The summed E-state index contributed by atoms with van der Waals surface area (Å²) in [5, 5.41) is 9.82. The van der Waals surface area contributed by atoms with Crippen molar-refractivity contribution in [2.24, 2.45) is 0 Å². The number of benzene rings is 1. The molecule has 26 heavy (non-hydrogen) atoms. The van der Waals surface area contributed by atoms with E-state index in [0.29, 0.717) is 0 Å². The highest BCUT2D eigenvalue weighted by atomic mass is 35.5.